The Morgan fingerprint density at radius 2 is 1.57 bits per heavy atom. The molecule has 2 heterocycles. The van der Waals surface area contributed by atoms with E-state index in [0.29, 0.717) is 29.4 Å². The maximum absolute atomic E-state index is 13.9. The van der Waals surface area contributed by atoms with Gasteiger partial charge >= 0.3 is 0 Å². The van der Waals surface area contributed by atoms with Crippen molar-refractivity contribution in [1.29, 1.82) is 0 Å². The second kappa shape index (κ2) is 13.1. The third-order valence-corrected chi connectivity index (χ3v) is 9.47. The van der Waals surface area contributed by atoms with E-state index >= 15 is 0 Å². The molecule has 5 rings (SSSR count). The van der Waals surface area contributed by atoms with Crippen LogP contribution in [0.5, 0.6) is 11.5 Å². The van der Waals surface area contributed by atoms with Crippen LogP contribution in [0.1, 0.15) is 44.1 Å². The van der Waals surface area contributed by atoms with E-state index in [4.69, 9.17) is 9.47 Å². The minimum atomic E-state index is -0.593. The largest absolute Gasteiger partial charge is 0.493 e. The number of ether oxygens (including phenoxy) is 2. The Bertz CT molecular complexity index is 1370. The van der Waals surface area contributed by atoms with Crippen molar-refractivity contribution in [1.82, 2.24) is 10.2 Å². The molecule has 206 valence electrons. The molecule has 1 fully saturated rings. The second-order valence-electron chi connectivity index (χ2n) is 9.45. The second-order valence-corrected chi connectivity index (χ2v) is 11.5. The maximum Gasteiger partial charge on any atom is 0.255 e. The molecule has 2 unspecified atom stereocenters. The third-order valence-electron chi connectivity index (χ3n) is 7.09. The molecule has 0 spiro atoms. The fraction of sp³-hybridized carbons (Fsp3) is 0.250. The molecule has 6 nitrogen and oxygen atoms in total. The number of hydrogen-bond donors (Lipinski definition) is 1. The standard InChI is InChI=1S/C32H32N2O4S2/c1-37-27-16-15-24(20-28(27)38-2)31(36)34-26(21-40-32(34)29-14-9-19-39-29)30(35)33-18-17-25(22-10-5-3-6-11-22)23-12-7-4-8-13-23/h3-16,19-20,25-26,32H,17-18,21H2,1-2H3,(H,33,35). The van der Waals surface area contributed by atoms with Crippen molar-refractivity contribution in [3.05, 3.63) is 118 Å². The van der Waals surface area contributed by atoms with Crippen molar-refractivity contribution in [2.75, 3.05) is 26.5 Å². The first-order valence-corrected chi connectivity index (χ1v) is 15.1. The lowest BCUT2D eigenvalue weighted by molar-refractivity contribution is -0.124. The van der Waals surface area contributed by atoms with Gasteiger partial charge in [-0.1, -0.05) is 66.7 Å². The van der Waals surface area contributed by atoms with Gasteiger partial charge in [0.25, 0.3) is 5.91 Å². The molecule has 1 aromatic heterocycles. The monoisotopic (exact) mass is 572 g/mol. The zero-order valence-corrected chi connectivity index (χ0v) is 24.1. The van der Waals surface area contributed by atoms with Crippen LogP contribution in [0.25, 0.3) is 0 Å². The van der Waals surface area contributed by atoms with Crippen molar-refractivity contribution >= 4 is 34.9 Å². The molecule has 1 N–H and O–H groups in total. The number of thioether (sulfide) groups is 1. The van der Waals surface area contributed by atoms with Crippen LogP contribution in [0.2, 0.25) is 0 Å². The maximum atomic E-state index is 13.9. The molecule has 2 atom stereocenters. The summed E-state index contributed by atoms with van der Waals surface area (Å²) in [7, 11) is 3.10. The van der Waals surface area contributed by atoms with Crippen molar-refractivity contribution in [2.45, 2.75) is 23.8 Å². The Morgan fingerprint density at radius 1 is 0.900 bits per heavy atom. The van der Waals surface area contributed by atoms with Gasteiger partial charge < -0.3 is 19.7 Å². The summed E-state index contributed by atoms with van der Waals surface area (Å²) in [5.74, 6) is 1.35. The Balaban J connectivity index is 1.34. The number of hydrogen-bond acceptors (Lipinski definition) is 6. The topological polar surface area (TPSA) is 67.9 Å². The fourth-order valence-corrected chi connectivity index (χ4v) is 7.47. The highest BCUT2D eigenvalue weighted by Gasteiger charge is 2.43. The predicted molar refractivity (Wildman–Crippen MR) is 161 cm³/mol. The van der Waals surface area contributed by atoms with Crippen molar-refractivity contribution in [3.63, 3.8) is 0 Å². The number of carbonyl (C=O) groups is 2. The van der Waals surface area contributed by atoms with Gasteiger partial charge in [-0.15, -0.1) is 23.1 Å². The highest BCUT2D eigenvalue weighted by atomic mass is 32.2. The highest BCUT2D eigenvalue weighted by molar-refractivity contribution is 7.99. The fourth-order valence-electron chi connectivity index (χ4n) is 5.08. The molecule has 0 aliphatic carbocycles. The number of methoxy groups -OCH3 is 2. The molecular weight excluding hydrogens is 540 g/mol. The predicted octanol–water partition coefficient (Wildman–Crippen LogP) is 6.36. The molecule has 0 radical (unpaired) electrons. The van der Waals surface area contributed by atoms with Gasteiger partial charge in [0.2, 0.25) is 5.91 Å². The summed E-state index contributed by atoms with van der Waals surface area (Å²) < 4.78 is 10.8. The first-order valence-electron chi connectivity index (χ1n) is 13.2. The van der Waals surface area contributed by atoms with Crippen molar-refractivity contribution < 1.29 is 19.1 Å². The van der Waals surface area contributed by atoms with Gasteiger partial charge in [0.1, 0.15) is 11.4 Å². The lowest BCUT2D eigenvalue weighted by Crippen LogP contribution is -2.48. The Kier molecular flexibility index (Phi) is 9.08. The molecule has 3 aromatic carbocycles. The van der Waals surface area contributed by atoms with Gasteiger partial charge in [0, 0.05) is 28.7 Å². The molecule has 40 heavy (non-hydrogen) atoms. The summed E-state index contributed by atoms with van der Waals surface area (Å²) in [6, 6.07) is 29.2. The van der Waals surface area contributed by atoms with E-state index in [-0.39, 0.29) is 23.1 Å². The van der Waals surface area contributed by atoms with Crippen LogP contribution in [-0.4, -0.2) is 49.3 Å². The molecular formula is C32H32N2O4S2. The lowest BCUT2D eigenvalue weighted by atomic mass is 9.88. The van der Waals surface area contributed by atoms with Crippen molar-refractivity contribution in [3.8, 4) is 11.5 Å². The Hall–Kier alpha value is -3.75. The van der Waals surface area contributed by atoms with E-state index < -0.39 is 6.04 Å². The van der Waals surface area contributed by atoms with E-state index in [0.717, 1.165) is 11.3 Å². The molecule has 2 amide bonds. The summed E-state index contributed by atoms with van der Waals surface area (Å²) in [6.45, 7) is 0.497. The minimum absolute atomic E-state index is 0.139. The molecule has 8 heteroatoms. The average Bonchev–Trinajstić information content (AvgIpc) is 3.70. The zero-order chi connectivity index (χ0) is 27.9. The van der Waals surface area contributed by atoms with Crippen LogP contribution >= 0.6 is 23.1 Å². The van der Waals surface area contributed by atoms with E-state index in [1.807, 2.05) is 53.9 Å². The number of rotatable bonds is 10. The van der Waals surface area contributed by atoms with Gasteiger partial charge in [-0.25, -0.2) is 0 Å². The van der Waals surface area contributed by atoms with E-state index in [9.17, 15) is 9.59 Å². The first kappa shape index (κ1) is 27.8. The average molecular weight is 573 g/mol. The molecule has 1 saturated heterocycles. The van der Waals surface area contributed by atoms with Gasteiger partial charge in [0.05, 0.1) is 14.2 Å². The van der Waals surface area contributed by atoms with E-state index in [1.165, 1.54) is 11.1 Å². The SMILES string of the molecule is COc1ccc(C(=O)N2C(C(=O)NCCC(c3ccccc3)c3ccccc3)CSC2c2cccs2)cc1OC. The highest BCUT2D eigenvalue weighted by Crippen LogP contribution is 2.44. The molecule has 0 bridgehead atoms. The van der Waals surface area contributed by atoms with Crippen LogP contribution in [-0.2, 0) is 4.79 Å². The van der Waals surface area contributed by atoms with Gasteiger partial charge in [0.15, 0.2) is 11.5 Å². The summed E-state index contributed by atoms with van der Waals surface area (Å²) in [5.41, 5.74) is 2.87. The van der Waals surface area contributed by atoms with Gasteiger partial charge in [-0.3, -0.25) is 9.59 Å². The third kappa shape index (κ3) is 6.03. The van der Waals surface area contributed by atoms with E-state index in [2.05, 4.69) is 29.6 Å². The minimum Gasteiger partial charge on any atom is -0.493 e. The van der Waals surface area contributed by atoms with Crippen LogP contribution in [0, 0.1) is 0 Å². The summed E-state index contributed by atoms with van der Waals surface area (Å²) in [5, 5.41) is 4.91. The first-order chi connectivity index (χ1) is 19.6. The number of thiophene rings is 1. The lowest BCUT2D eigenvalue weighted by Gasteiger charge is -2.29. The molecule has 4 aromatic rings. The van der Waals surface area contributed by atoms with Crippen LogP contribution in [0.4, 0.5) is 0 Å². The summed E-state index contributed by atoms with van der Waals surface area (Å²) in [4.78, 5) is 30.3. The van der Waals surface area contributed by atoms with E-state index in [1.54, 1.807) is 60.4 Å². The normalized spacial score (nSPS) is 16.6. The van der Waals surface area contributed by atoms with Crippen LogP contribution in [0.15, 0.2) is 96.4 Å². The molecule has 0 saturated carbocycles. The number of amides is 2. The summed E-state index contributed by atoms with van der Waals surface area (Å²) >= 11 is 3.21. The number of carbonyl (C=O) groups excluding carboxylic acids is 2. The van der Waals surface area contributed by atoms with Crippen LogP contribution < -0.4 is 14.8 Å². The summed E-state index contributed by atoms with van der Waals surface area (Å²) in [6.07, 6.45) is 0.748. The number of nitrogens with zero attached hydrogens (tertiary/aromatic N) is 1. The number of nitrogens with one attached hydrogen (secondary N) is 1. The Labute approximate surface area is 243 Å². The van der Waals surface area contributed by atoms with Crippen LogP contribution in [0.3, 0.4) is 0 Å². The van der Waals surface area contributed by atoms with Gasteiger partial charge in [-0.05, 0) is 47.2 Å². The zero-order valence-electron chi connectivity index (χ0n) is 22.5. The quantitative estimate of drug-likeness (QED) is 0.240. The molecule has 1 aliphatic heterocycles. The number of benzene rings is 3. The van der Waals surface area contributed by atoms with Crippen molar-refractivity contribution in [2.24, 2.45) is 0 Å². The molecule has 1 aliphatic rings. The van der Waals surface area contributed by atoms with Gasteiger partial charge in [-0.2, -0.15) is 0 Å². The smallest absolute Gasteiger partial charge is 0.255 e. The Morgan fingerprint density at radius 3 is 2.17 bits per heavy atom.